The molecule has 0 fully saturated rings. The smallest absolute Gasteiger partial charge is 0.0447 e. The van der Waals surface area contributed by atoms with Crippen molar-refractivity contribution >= 4 is 65.2 Å². The van der Waals surface area contributed by atoms with Crippen LogP contribution in [0.1, 0.15) is 16.0 Å². The van der Waals surface area contributed by atoms with E-state index in [0.29, 0.717) is 4.83 Å². The Morgan fingerprint density at radius 2 is 1.67 bits per heavy atom. The van der Waals surface area contributed by atoms with Crippen LogP contribution in [0.3, 0.4) is 0 Å². The van der Waals surface area contributed by atoms with Crippen LogP contribution < -0.4 is 0 Å². The van der Waals surface area contributed by atoms with E-state index in [-0.39, 0.29) is 0 Å². The molecule has 3 aromatic rings. The minimum atomic E-state index is 0.308. The van der Waals surface area contributed by atoms with Gasteiger partial charge in [0, 0.05) is 12.9 Å². The highest BCUT2D eigenvalue weighted by Crippen LogP contribution is 2.34. The second-order valence-corrected chi connectivity index (χ2v) is 8.22. The van der Waals surface area contributed by atoms with Gasteiger partial charge in [-0.25, -0.2) is 0 Å². The molecule has 0 aliphatic rings. The van der Waals surface area contributed by atoms with Crippen LogP contribution in [0.2, 0.25) is 0 Å². The van der Waals surface area contributed by atoms with Crippen molar-refractivity contribution in [2.24, 2.45) is 0 Å². The summed E-state index contributed by atoms with van der Waals surface area (Å²) in [6, 6.07) is 21.7. The highest BCUT2D eigenvalue weighted by atomic mass is 127. The lowest BCUT2D eigenvalue weighted by Crippen LogP contribution is -1.97. The van der Waals surface area contributed by atoms with Crippen LogP contribution in [0.25, 0.3) is 10.8 Å². The Bertz CT molecular complexity index is 783. The highest BCUT2D eigenvalue weighted by Gasteiger charge is 2.12. The van der Waals surface area contributed by atoms with Crippen LogP contribution in [0.5, 0.6) is 0 Å². The van der Waals surface area contributed by atoms with Crippen LogP contribution in [0.4, 0.5) is 0 Å². The molecule has 0 saturated carbocycles. The van der Waals surface area contributed by atoms with Gasteiger partial charge in [-0.3, -0.25) is 0 Å². The lowest BCUT2D eigenvalue weighted by molar-refractivity contribution is 0.944. The average molecular weight is 516 g/mol. The van der Waals surface area contributed by atoms with Gasteiger partial charge in [-0.1, -0.05) is 74.3 Å². The molecule has 0 aliphatic heterocycles. The Labute approximate surface area is 155 Å². The largest absolute Gasteiger partial charge is 0.0835 e. The SMILES string of the molecule is Brc1ccc(I)cc1C(Br)Cc1ccc2ccccc2c1. The number of alkyl halides is 1. The summed E-state index contributed by atoms with van der Waals surface area (Å²) >= 11 is 9.85. The van der Waals surface area contributed by atoms with Crippen LogP contribution in [-0.2, 0) is 6.42 Å². The average Bonchev–Trinajstić information content (AvgIpc) is 2.49. The number of hydrogen-bond acceptors (Lipinski definition) is 0. The number of rotatable bonds is 3. The third-order valence-corrected chi connectivity index (χ3v) is 5.73. The van der Waals surface area contributed by atoms with Crippen LogP contribution >= 0.6 is 54.5 Å². The van der Waals surface area contributed by atoms with E-state index in [0.717, 1.165) is 10.9 Å². The molecule has 0 aromatic heterocycles. The summed E-state index contributed by atoms with van der Waals surface area (Å²) in [5, 5.41) is 2.60. The maximum Gasteiger partial charge on any atom is 0.0447 e. The van der Waals surface area contributed by atoms with Crippen molar-refractivity contribution in [2.45, 2.75) is 11.2 Å². The third kappa shape index (κ3) is 3.69. The number of fused-ring (bicyclic) bond motifs is 1. The topological polar surface area (TPSA) is 0 Å². The lowest BCUT2D eigenvalue weighted by Gasteiger charge is -2.13. The molecule has 106 valence electrons. The van der Waals surface area contributed by atoms with Gasteiger partial charge in [0.25, 0.3) is 0 Å². The van der Waals surface area contributed by atoms with Gasteiger partial charge in [-0.15, -0.1) is 0 Å². The molecule has 3 heteroatoms. The first-order valence-corrected chi connectivity index (χ1v) is 9.49. The van der Waals surface area contributed by atoms with E-state index in [9.17, 15) is 0 Å². The lowest BCUT2D eigenvalue weighted by atomic mass is 10.0. The van der Waals surface area contributed by atoms with Gasteiger partial charge >= 0.3 is 0 Å². The molecule has 0 aliphatic carbocycles. The van der Waals surface area contributed by atoms with E-state index in [2.05, 4.69) is 115 Å². The fourth-order valence-corrected chi connectivity index (χ4v) is 4.54. The van der Waals surface area contributed by atoms with E-state index in [1.807, 2.05) is 0 Å². The summed E-state index contributed by atoms with van der Waals surface area (Å²) in [6.45, 7) is 0. The summed E-state index contributed by atoms with van der Waals surface area (Å²) in [5.41, 5.74) is 2.65. The normalized spacial score (nSPS) is 12.5. The summed E-state index contributed by atoms with van der Waals surface area (Å²) in [4.78, 5) is 0.308. The molecule has 0 spiro atoms. The van der Waals surface area contributed by atoms with E-state index in [1.54, 1.807) is 0 Å². The first-order valence-electron chi connectivity index (χ1n) is 6.70. The van der Waals surface area contributed by atoms with E-state index in [1.165, 1.54) is 25.5 Å². The second-order valence-electron chi connectivity index (χ2n) is 5.02. The van der Waals surface area contributed by atoms with Crippen molar-refractivity contribution in [1.82, 2.24) is 0 Å². The van der Waals surface area contributed by atoms with E-state index >= 15 is 0 Å². The van der Waals surface area contributed by atoms with Gasteiger partial charge < -0.3 is 0 Å². The quantitative estimate of drug-likeness (QED) is 0.263. The van der Waals surface area contributed by atoms with Crippen LogP contribution in [0, 0.1) is 3.57 Å². The van der Waals surface area contributed by atoms with Gasteiger partial charge in [-0.05, 0) is 69.1 Å². The van der Waals surface area contributed by atoms with Gasteiger partial charge in [-0.2, -0.15) is 0 Å². The zero-order valence-electron chi connectivity index (χ0n) is 11.2. The van der Waals surface area contributed by atoms with Crippen molar-refractivity contribution in [3.8, 4) is 0 Å². The van der Waals surface area contributed by atoms with Crippen molar-refractivity contribution in [3.63, 3.8) is 0 Å². The van der Waals surface area contributed by atoms with Crippen LogP contribution in [-0.4, -0.2) is 0 Å². The van der Waals surface area contributed by atoms with Gasteiger partial charge in [0.1, 0.15) is 0 Å². The number of halogens is 3. The minimum Gasteiger partial charge on any atom is -0.0835 e. The second kappa shape index (κ2) is 6.80. The Morgan fingerprint density at radius 1 is 0.905 bits per heavy atom. The fraction of sp³-hybridized carbons (Fsp3) is 0.111. The molecule has 1 unspecified atom stereocenters. The minimum absolute atomic E-state index is 0.308. The van der Waals surface area contributed by atoms with Gasteiger partial charge in [0.2, 0.25) is 0 Å². The Balaban J connectivity index is 1.88. The maximum atomic E-state index is 3.84. The summed E-state index contributed by atoms with van der Waals surface area (Å²) in [6.07, 6.45) is 0.976. The Kier molecular flexibility index (Phi) is 5.02. The van der Waals surface area contributed by atoms with Gasteiger partial charge in [0.05, 0.1) is 0 Å². The number of benzene rings is 3. The molecule has 21 heavy (non-hydrogen) atoms. The molecule has 0 heterocycles. The first-order chi connectivity index (χ1) is 10.1. The molecule has 0 nitrogen and oxygen atoms in total. The molecular weight excluding hydrogens is 503 g/mol. The van der Waals surface area contributed by atoms with Gasteiger partial charge in [0.15, 0.2) is 0 Å². The monoisotopic (exact) mass is 514 g/mol. The predicted molar refractivity (Wildman–Crippen MR) is 106 cm³/mol. The fourth-order valence-electron chi connectivity index (χ4n) is 2.44. The third-order valence-electron chi connectivity index (χ3n) is 3.52. The molecule has 3 rings (SSSR count). The van der Waals surface area contributed by atoms with Crippen molar-refractivity contribution < 1.29 is 0 Å². The molecular formula is C18H13Br2I. The molecule has 3 aromatic carbocycles. The molecule has 0 N–H and O–H groups in total. The van der Waals surface area contributed by atoms with Crippen molar-refractivity contribution in [1.29, 1.82) is 0 Å². The van der Waals surface area contributed by atoms with Crippen LogP contribution in [0.15, 0.2) is 65.1 Å². The van der Waals surface area contributed by atoms with E-state index < -0.39 is 0 Å². The Hall–Kier alpha value is -0.390. The molecule has 0 radical (unpaired) electrons. The van der Waals surface area contributed by atoms with Crippen molar-refractivity contribution in [3.05, 3.63) is 79.8 Å². The maximum absolute atomic E-state index is 3.84. The number of hydrogen-bond donors (Lipinski definition) is 0. The summed E-state index contributed by atoms with van der Waals surface area (Å²) < 4.78 is 2.42. The zero-order valence-corrected chi connectivity index (χ0v) is 16.5. The molecule has 0 amide bonds. The Morgan fingerprint density at radius 3 is 2.48 bits per heavy atom. The van der Waals surface area contributed by atoms with E-state index in [4.69, 9.17) is 0 Å². The zero-order chi connectivity index (χ0) is 14.8. The first kappa shape index (κ1) is 15.5. The summed E-state index contributed by atoms with van der Waals surface area (Å²) in [7, 11) is 0. The highest BCUT2D eigenvalue weighted by molar-refractivity contribution is 14.1. The standard InChI is InChI=1S/C18H13Br2I/c19-17-8-7-15(21)11-16(17)18(20)10-12-5-6-13-3-1-2-4-14(13)9-12/h1-9,11,18H,10H2. The van der Waals surface area contributed by atoms with Crippen molar-refractivity contribution in [2.75, 3.05) is 0 Å². The molecule has 0 saturated heterocycles. The predicted octanol–water partition coefficient (Wildman–Crippen LogP) is 6.89. The molecule has 1 atom stereocenters. The summed E-state index contributed by atoms with van der Waals surface area (Å²) in [5.74, 6) is 0. The molecule has 0 bridgehead atoms.